The summed E-state index contributed by atoms with van der Waals surface area (Å²) < 4.78 is 0. The summed E-state index contributed by atoms with van der Waals surface area (Å²) in [6.07, 6.45) is 12.0. The van der Waals surface area contributed by atoms with Gasteiger partial charge in [-0.15, -0.1) is 0 Å². The minimum Gasteiger partial charge on any atom is -0.300 e. The first kappa shape index (κ1) is 11.7. The first-order valence-corrected chi connectivity index (χ1v) is 6.34. The van der Waals surface area contributed by atoms with Crippen LogP contribution in [0, 0.1) is 5.92 Å². The minimum atomic E-state index is 0.519. The van der Waals surface area contributed by atoms with Crippen molar-refractivity contribution in [1.82, 2.24) is 0 Å². The highest BCUT2D eigenvalue weighted by molar-refractivity contribution is 5.78. The quantitative estimate of drug-likeness (QED) is 0.649. The number of rotatable bonds is 2. The largest absolute Gasteiger partial charge is 0.300 e. The van der Waals surface area contributed by atoms with Crippen LogP contribution in [0.15, 0.2) is 0 Å². The zero-order valence-electron chi connectivity index (χ0n) is 9.56. The van der Waals surface area contributed by atoms with E-state index in [1.807, 2.05) is 0 Å². The molecule has 82 valence electrons. The lowest BCUT2D eigenvalue weighted by Crippen LogP contribution is -2.09. The highest BCUT2D eigenvalue weighted by Gasteiger charge is 2.13. The molecule has 0 saturated heterocycles. The monoisotopic (exact) mass is 196 g/mol. The Morgan fingerprint density at radius 1 is 1.14 bits per heavy atom. The molecule has 1 rings (SSSR count). The molecule has 1 fully saturated rings. The van der Waals surface area contributed by atoms with Crippen molar-refractivity contribution in [3.63, 3.8) is 0 Å². The Morgan fingerprint density at radius 2 is 1.86 bits per heavy atom. The smallest absolute Gasteiger partial charge is 0.133 e. The van der Waals surface area contributed by atoms with E-state index in [9.17, 15) is 4.79 Å². The summed E-state index contributed by atoms with van der Waals surface area (Å²) in [6.45, 7) is 2.23. The second kappa shape index (κ2) is 7.03. The first-order valence-electron chi connectivity index (χ1n) is 6.34. The molecule has 1 saturated carbocycles. The summed E-state index contributed by atoms with van der Waals surface area (Å²) in [5.74, 6) is 1.22. The van der Waals surface area contributed by atoms with Gasteiger partial charge < -0.3 is 0 Å². The molecule has 0 aromatic carbocycles. The van der Waals surface area contributed by atoms with E-state index in [1.54, 1.807) is 0 Å². The number of carbonyl (C=O) groups is 1. The standard InChI is InChI=1S/C13H24O/c1-2-8-12-9-6-4-3-5-7-10-13(14)11-12/h12H,2-11H2,1H3. The summed E-state index contributed by atoms with van der Waals surface area (Å²) in [6, 6.07) is 0. The van der Waals surface area contributed by atoms with E-state index in [2.05, 4.69) is 6.92 Å². The topological polar surface area (TPSA) is 17.1 Å². The van der Waals surface area contributed by atoms with E-state index >= 15 is 0 Å². The van der Waals surface area contributed by atoms with Crippen molar-refractivity contribution in [3.05, 3.63) is 0 Å². The zero-order chi connectivity index (χ0) is 10.2. The fourth-order valence-corrected chi connectivity index (χ4v) is 2.47. The Bertz CT molecular complexity index is 163. The van der Waals surface area contributed by atoms with Gasteiger partial charge >= 0.3 is 0 Å². The number of hydrogen-bond acceptors (Lipinski definition) is 1. The third kappa shape index (κ3) is 4.78. The van der Waals surface area contributed by atoms with E-state index < -0.39 is 0 Å². The van der Waals surface area contributed by atoms with Gasteiger partial charge in [0.2, 0.25) is 0 Å². The normalized spacial score (nSPS) is 26.1. The summed E-state index contributed by atoms with van der Waals surface area (Å²) in [4.78, 5) is 11.6. The van der Waals surface area contributed by atoms with Crippen LogP contribution in [-0.2, 0) is 4.79 Å². The molecule has 0 heterocycles. The van der Waals surface area contributed by atoms with Gasteiger partial charge in [-0.25, -0.2) is 0 Å². The van der Waals surface area contributed by atoms with Gasteiger partial charge in [0, 0.05) is 12.8 Å². The van der Waals surface area contributed by atoms with Crippen molar-refractivity contribution in [3.8, 4) is 0 Å². The Hall–Kier alpha value is -0.330. The van der Waals surface area contributed by atoms with Crippen molar-refractivity contribution < 1.29 is 4.79 Å². The van der Waals surface area contributed by atoms with Crippen molar-refractivity contribution >= 4 is 5.78 Å². The van der Waals surface area contributed by atoms with Gasteiger partial charge in [-0.05, 0) is 12.3 Å². The zero-order valence-corrected chi connectivity index (χ0v) is 9.56. The van der Waals surface area contributed by atoms with Gasteiger partial charge in [0.05, 0.1) is 0 Å². The highest BCUT2D eigenvalue weighted by Crippen LogP contribution is 2.23. The van der Waals surface area contributed by atoms with Crippen molar-refractivity contribution in [2.45, 2.75) is 71.1 Å². The molecule has 0 aromatic rings. The molecule has 1 aliphatic rings. The fraction of sp³-hybridized carbons (Fsp3) is 0.923. The third-order valence-electron chi connectivity index (χ3n) is 3.28. The number of hydrogen-bond donors (Lipinski definition) is 0. The second-order valence-electron chi connectivity index (χ2n) is 4.70. The number of Topliss-reactive ketones (excluding diaryl/α,β-unsaturated/α-hetero) is 1. The molecule has 1 nitrogen and oxygen atoms in total. The molecule has 0 amide bonds. The van der Waals surface area contributed by atoms with Gasteiger partial charge in [0.1, 0.15) is 5.78 Å². The molecule has 0 N–H and O–H groups in total. The summed E-state index contributed by atoms with van der Waals surface area (Å²) >= 11 is 0. The average molecular weight is 196 g/mol. The molecule has 0 bridgehead atoms. The van der Waals surface area contributed by atoms with Gasteiger partial charge in [-0.1, -0.05) is 51.9 Å². The molecule has 0 aliphatic heterocycles. The van der Waals surface area contributed by atoms with Crippen LogP contribution in [0.1, 0.15) is 71.1 Å². The maximum atomic E-state index is 11.6. The van der Waals surface area contributed by atoms with E-state index in [0.29, 0.717) is 11.7 Å². The van der Waals surface area contributed by atoms with Crippen LogP contribution in [0.5, 0.6) is 0 Å². The first-order chi connectivity index (χ1) is 6.83. The minimum absolute atomic E-state index is 0.519. The van der Waals surface area contributed by atoms with Crippen LogP contribution < -0.4 is 0 Å². The lowest BCUT2D eigenvalue weighted by molar-refractivity contribution is -0.120. The Kier molecular flexibility index (Phi) is 5.89. The summed E-state index contributed by atoms with van der Waals surface area (Å²) in [7, 11) is 0. The Labute approximate surface area is 88.3 Å². The van der Waals surface area contributed by atoms with Crippen LogP contribution in [0.25, 0.3) is 0 Å². The molecule has 1 unspecified atom stereocenters. The maximum absolute atomic E-state index is 11.6. The molecular formula is C13H24O. The van der Waals surface area contributed by atoms with Crippen LogP contribution in [-0.4, -0.2) is 5.78 Å². The SMILES string of the molecule is CCCC1CCCCCCCC(=O)C1. The van der Waals surface area contributed by atoms with Crippen LogP contribution >= 0.6 is 0 Å². The van der Waals surface area contributed by atoms with E-state index in [0.717, 1.165) is 19.3 Å². The van der Waals surface area contributed by atoms with Crippen LogP contribution in [0.4, 0.5) is 0 Å². The van der Waals surface area contributed by atoms with Crippen LogP contribution in [0.3, 0.4) is 0 Å². The second-order valence-corrected chi connectivity index (χ2v) is 4.70. The lowest BCUT2D eigenvalue weighted by Gasteiger charge is -2.16. The predicted octanol–water partition coefficient (Wildman–Crippen LogP) is 4.11. The number of carbonyl (C=O) groups excluding carboxylic acids is 1. The predicted molar refractivity (Wildman–Crippen MR) is 60.3 cm³/mol. The molecule has 1 heteroatoms. The molecule has 14 heavy (non-hydrogen) atoms. The fourth-order valence-electron chi connectivity index (χ4n) is 2.47. The van der Waals surface area contributed by atoms with Gasteiger partial charge in [0.25, 0.3) is 0 Å². The van der Waals surface area contributed by atoms with Crippen molar-refractivity contribution in [2.24, 2.45) is 5.92 Å². The average Bonchev–Trinajstić information content (AvgIpc) is 2.17. The molecular weight excluding hydrogens is 172 g/mol. The molecule has 1 aliphatic carbocycles. The van der Waals surface area contributed by atoms with E-state index in [-0.39, 0.29) is 0 Å². The Balaban J connectivity index is 2.35. The van der Waals surface area contributed by atoms with E-state index in [1.165, 1.54) is 44.9 Å². The summed E-state index contributed by atoms with van der Waals surface area (Å²) in [5.41, 5.74) is 0. The summed E-state index contributed by atoms with van der Waals surface area (Å²) in [5, 5.41) is 0. The Morgan fingerprint density at radius 3 is 2.64 bits per heavy atom. The van der Waals surface area contributed by atoms with Crippen LogP contribution in [0.2, 0.25) is 0 Å². The molecule has 0 radical (unpaired) electrons. The maximum Gasteiger partial charge on any atom is 0.133 e. The van der Waals surface area contributed by atoms with Crippen molar-refractivity contribution in [1.29, 1.82) is 0 Å². The van der Waals surface area contributed by atoms with Gasteiger partial charge in [-0.2, -0.15) is 0 Å². The van der Waals surface area contributed by atoms with Gasteiger partial charge in [0.15, 0.2) is 0 Å². The third-order valence-corrected chi connectivity index (χ3v) is 3.28. The molecule has 0 aromatic heterocycles. The van der Waals surface area contributed by atoms with E-state index in [4.69, 9.17) is 0 Å². The highest BCUT2D eigenvalue weighted by atomic mass is 16.1. The van der Waals surface area contributed by atoms with Gasteiger partial charge in [-0.3, -0.25) is 4.79 Å². The van der Waals surface area contributed by atoms with Crippen molar-refractivity contribution in [2.75, 3.05) is 0 Å². The lowest BCUT2D eigenvalue weighted by atomic mass is 9.89. The molecule has 1 atom stereocenters. The molecule has 0 spiro atoms. The number of ketones is 1.